The highest BCUT2D eigenvalue weighted by Gasteiger charge is 2.14. The van der Waals surface area contributed by atoms with Crippen molar-refractivity contribution in [2.24, 2.45) is 0 Å². The SMILES string of the molecule is Cc1cccc2c1Nc1ccccc1N2. The maximum absolute atomic E-state index is 3.45. The van der Waals surface area contributed by atoms with Crippen LogP contribution in [0.5, 0.6) is 0 Å². The zero-order chi connectivity index (χ0) is 10.3. The molecule has 2 nitrogen and oxygen atoms in total. The van der Waals surface area contributed by atoms with E-state index in [0.29, 0.717) is 0 Å². The first-order chi connectivity index (χ1) is 7.34. The molecule has 1 heterocycles. The van der Waals surface area contributed by atoms with Gasteiger partial charge in [0.1, 0.15) is 0 Å². The topological polar surface area (TPSA) is 24.1 Å². The molecule has 2 heteroatoms. The average molecular weight is 196 g/mol. The Balaban J connectivity index is 2.15. The highest BCUT2D eigenvalue weighted by molar-refractivity contribution is 5.91. The number of para-hydroxylation sites is 3. The van der Waals surface area contributed by atoms with Crippen molar-refractivity contribution in [1.82, 2.24) is 0 Å². The van der Waals surface area contributed by atoms with Gasteiger partial charge < -0.3 is 10.6 Å². The molecule has 0 aliphatic carbocycles. The van der Waals surface area contributed by atoms with Gasteiger partial charge in [0, 0.05) is 0 Å². The van der Waals surface area contributed by atoms with E-state index in [-0.39, 0.29) is 0 Å². The summed E-state index contributed by atoms with van der Waals surface area (Å²) in [7, 11) is 0. The normalized spacial score (nSPS) is 12.1. The summed E-state index contributed by atoms with van der Waals surface area (Å²) in [6.45, 7) is 2.11. The molecule has 2 aromatic carbocycles. The second-order valence-corrected chi connectivity index (χ2v) is 3.79. The van der Waals surface area contributed by atoms with Crippen LogP contribution in [-0.4, -0.2) is 0 Å². The Kier molecular flexibility index (Phi) is 1.68. The van der Waals surface area contributed by atoms with E-state index in [1.165, 1.54) is 11.3 Å². The van der Waals surface area contributed by atoms with Crippen molar-refractivity contribution in [2.75, 3.05) is 10.6 Å². The molecule has 0 unspecified atom stereocenters. The van der Waals surface area contributed by atoms with E-state index in [0.717, 1.165) is 17.1 Å². The van der Waals surface area contributed by atoms with Crippen LogP contribution in [-0.2, 0) is 0 Å². The minimum absolute atomic E-state index is 1.13. The number of nitrogens with one attached hydrogen (secondary N) is 2. The van der Waals surface area contributed by atoms with Crippen molar-refractivity contribution in [3.05, 3.63) is 48.0 Å². The lowest BCUT2D eigenvalue weighted by Gasteiger charge is -2.24. The van der Waals surface area contributed by atoms with Gasteiger partial charge in [0.25, 0.3) is 0 Å². The predicted octanol–water partition coefficient (Wildman–Crippen LogP) is 3.80. The summed E-state index contributed by atoms with van der Waals surface area (Å²) in [6.07, 6.45) is 0. The first-order valence-electron chi connectivity index (χ1n) is 5.07. The third kappa shape index (κ3) is 1.26. The monoisotopic (exact) mass is 196 g/mol. The lowest BCUT2D eigenvalue weighted by Crippen LogP contribution is -2.06. The highest BCUT2D eigenvalue weighted by Crippen LogP contribution is 2.39. The van der Waals surface area contributed by atoms with Crippen LogP contribution < -0.4 is 10.6 Å². The van der Waals surface area contributed by atoms with Crippen molar-refractivity contribution in [2.45, 2.75) is 6.92 Å². The second-order valence-electron chi connectivity index (χ2n) is 3.79. The number of benzene rings is 2. The van der Waals surface area contributed by atoms with Crippen molar-refractivity contribution >= 4 is 22.7 Å². The molecule has 2 aromatic rings. The zero-order valence-corrected chi connectivity index (χ0v) is 8.54. The van der Waals surface area contributed by atoms with Crippen molar-refractivity contribution in [3.63, 3.8) is 0 Å². The van der Waals surface area contributed by atoms with Crippen LogP contribution in [0.3, 0.4) is 0 Å². The Morgan fingerprint density at radius 1 is 0.733 bits per heavy atom. The molecule has 0 fully saturated rings. The van der Waals surface area contributed by atoms with E-state index in [2.05, 4.69) is 47.9 Å². The fourth-order valence-corrected chi connectivity index (χ4v) is 1.92. The van der Waals surface area contributed by atoms with E-state index >= 15 is 0 Å². The molecular weight excluding hydrogens is 184 g/mol. The van der Waals surface area contributed by atoms with Crippen molar-refractivity contribution < 1.29 is 0 Å². The number of hydrogen-bond donors (Lipinski definition) is 2. The highest BCUT2D eigenvalue weighted by atomic mass is 15.0. The maximum atomic E-state index is 3.45. The van der Waals surface area contributed by atoms with E-state index in [1.54, 1.807) is 0 Å². The van der Waals surface area contributed by atoms with Gasteiger partial charge in [0.2, 0.25) is 0 Å². The Morgan fingerprint density at radius 3 is 2.20 bits per heavy atom. The summed E-state index contributed by atoms with van der Waals surface area (Å²) >= 11 is 0. The second kappa shape index (κ2) is 3.02. The number of fused-ring (bicyclic) bond motifs is 2. The van der Waals surface area contributed by atoms with E-state index in [1.807, 2.05) is 12.1 Å². The summed E-state index contributed by atoms with van der Waals surface area (Å²) in [5.41, 5.74) is 5.86. The van der Waals surface area contributed by atoms with Crippen LogP contribution in [0.15, 0.2) is 42.5 Å². The van der Waals surface area contributed by atoms with Gasteiger partial charge >= 0.3 is 0 Å². The summed E-state index contributed by atoms with van der Waals surface area (Å²) in [4.78, 5) is 0. The van der Waals surface area contributed by atoms with E-state index in [9.17, 15) is 0 Å². The fraction of sp³-hybridized carbons (Fsp3) is 0.0769. The molecule has 3 rings (SSSR count). The molecule has 1 aliphatic heterocycles. The first kappa shape index (κ1) is 8.36. The largest absolute Gasteiger partial charge is 0.352 e. The zero-order valence-electron chi connectivity index (χ0n) is 8.54. The molecule has 0 spiro atoms. The van der Waals surface area contributed by atoms with Gasteiger partial charge in [-0.2, -0.15) is 0 Å². The van der Waals surface area contributed by atoms with Crippen LogP contribution in [0.25, 0.3) is 0 Å². The molecule has 0 aromatic heterocycles. The van der Waals surface area contributed by atoms with Gasteiger partial charge in [-0.3, -0.25) is 0 Å². The van der Waals surface area contributed by atoms with Gasteiger partial charge in [0.15, 0.2) is 0 Å². The van der Waals surface area contributed by atoms with Gasteiger partial charge in [-0.25, -0.2) is 0 Å². The minimum Gasteiger partial charge on any atom is -0.352 e. The summed E-state index contributed by atoms with van der Waals surface area (Å²) in [5.74, 6) is 0. The molecular formula is C13H12N2. The van der Waals surface area contributed by atoms with Gasteiger partial charge in [-0.05, 0) is 30.7 Å². The molecule has 0 amide bonds. The van der Waals surface area contributed by atoms with Crippen molar-refractivity contribution in [1.29, 1.82) is 0 Å². The van der Waals surface area contributed by atoms with Gasteiger partial charge in [-0.15, -0.1) is 0 Å². The first-order valence-corrected chi connectivity index (χ1v) is 5.07. The average Bonchev–Trinajstić information content (AvgIpc) is 2.27. The molecule has 0 radical (unpaired) electrons. The van der Waals surface area contributed by atoms with Crippen LogP contribution in [0.4, 0.5) is 22.7 Å². The molecule has 0 saturated heterocycles. The van der Waals surface area contributed by atoms with Crippen LogP contribution in [0.2, 0.25) is 0 Å². The Hall–Kier alpha value is -1.96. The maximum Gasteiger partial charge on any atom is 0.0653 e. The summed E-state index contributed by atoms with van der Waals surface area (Å²) in [6, 6.07) is 14.5. The molecule has 74 valence electrons. The number of anilines is 4. The molecule has 15 heavy (non-hydrogen) atoms. The molecule has 0 atom stereocenters. The lowest BCUT2D eigenvalue weighted by atomic mass is 10.1. The number of aryl methyl sites for hydroxylation is 1. The number of hydrogen-bond acceptors (Lipinski definition) is 2. The third-order valence-electron chi connectivity index (χ3n) is 2.73. The predicted molar refractivity (Wildman–Crippen MR) is 64.2 cm³/mol. The summed E-state index contributed by atoms with van der Waals surface area (Å²) in [5, 5.41) is 6.87. The van der Waals surface area contributed by atoms with Crippen LogP contribution >= 0.6 is 0 Å². The Morgan fingerprint density at radius 2 is 1.40 bits per heavy atom. The van der Waals surface area contributed by atoms with Crippen LogP contribution in [0, 0.1) is 6.92 Å². The quantitative estimate of drug-likeness (QED) is 0.571. The lowest BCUT2D eigenvalue weighted by molar-refractivity contribution is 1.38. The van der Waals surface area contributed by atoms with Crippen LogP contribution in [0.1, 0.15) is 5.56 Å². The molecule has 1 aliphatic rings. The number of rotatable bonds is 0. The van der Waals surface area contributed by atoms with Gasteiger partial charge in [-0.1, -0.05) is 24.3 Å². The Bertz CT molecular complexity index is 518. The fourth-order valence-electron chi connectivity index (χ4n) is 1.92. The molecule has 0 bridgehead atoms. The van der Waals surface area contributed by atoms with Gasteiger partial charge in [0.05, 0.1) is 22.7 Å². The smallest absolute Gasteiger partial charge is 0.0653 e. The van der Waals surface area contributed by atoms with Crippen molar-refractivity contribution in [3.8, 4) is 0 Å². The summed E-state index contributed by atoms with van der Waals surface area (Å²) < 4.78 is 0. The molecule has 0 saturated carbocycles. The minimum atomic E-state index is 1.13. The Labute approximate surface area is 88.9 Å². The standard InChI is InChI=1S/C13H12N2/c1-9-5-4-8-12-13(9)15-11-7-3-2-6-10(11)14-12/h2-8,14-15H,1H3. The van der Waals surface area contributed by atoms with E-state index in [4.69, 9.17) is 0 Å². The van der Waals surface area contributed by atoms with E-state index < -0.39 is 0 Å². The third-order valence-corrected chi connectivity index (χ3v) is 2.73. The molecule has 2 N–H and O–H groups in total.